The Balaban J connectivity index is -0.0000000267. The number of rotatable bonds is 2. The second kappa shape index (κ2) is 23.6. The standard InChI is InChI=1S/2C3H6O2.3Na/c2*1-2-3(4)5;;;/h2*2H2,1H3,(H,4,5);;;/q;;3*+1. The van der Waals surface area contributed by atoms with Crippen LogP contribution >= 0.6 is 0 Å². The van der Waals surface area contributed by atoms with Gasteiger partial charge in [0.1, 0.15) is 0 Å². The third-order valence-electron chi connectivity index (χ3n) is 0.605. The van der Waals surface area contributed by atoms with Crippen LogP contribution in [0.4, 0.5) is 0 Å². The topological polar surface area (TPSA) is 74.6 Å². The molecule has 0 saturated heterocycles. The zero-order chi connectivity index (χ0) is 8.57. The molecule has 0 aromatic rings. The molecule has 13 heavy (non-hydrogen) atoms. The zero-order valence-corrected chi connectivity index (χ0v) is 15.1. The first-order chi connectivity index (χ1) is 4.54. The molecule has 0 heterocycles. The summed E-state index contributed by atoms with van der Waals surface area (Å²) in [6.07, 6.45) is 0.444. The summed E-state index contributed by atoms with van der Waals surface area (Å²) >= 11 is 0. The molecule has 2 N–H and O–H groups in total. The molecule has 60 valence electrons. The van der Waals surface area contributed by atoms with Crippen molar-refractivity contribution in [1.29, 1.82) is 0 Å². The maximum Gasteiger partial charge on any atom is 1.00 e. The van der Waals surface area contributed by atoms with Crippen molar-refractivity contribution in [3.8, 4) is 0 Å². The summed E-state index contributed by atoms with van der Waals surface area (Å²) in [6, 6.07) is 0. The van der Waals surface area contributed by atoms with Crippen molar-refractivity contribution in [2.45, 2.75) is 26.7 Å². The Hall–Kier alpha value is 1.94. The van der Waals surface area contributed by atoms with E-state index in [0.29, 0.717) is 0 Å². The Kier molecular flexibility index (Phi) is 53.4. The van der Waals surface area contributed by atoms with Crippen molar-refractivity contribution < 1.29 is 108 Å². The number of carboxylic acid groups (broad SMARTS) is 2. The van der Waals surface area contributed by atoms with Crippen molar-refractivity contribution >= 4 is 11.9 Å². The molecule has 0 bridgehead atoms. The van der Waals surface area contributed by atoms with Gasteiger partial charge in [0.15, 0.2) is 0 Å². The molecule has 4 nitrogen and oxygen atoms in total. The van der Waals surface area contributed by atoms with E-state index in [9.17, 15) is 9.59 Å². The van der Waals surface area contributed by atoms with Gasteiger partial charge in [0, 0.05) is 12.8 Å². The summed E-state index contributed by atoms with van der Waals surface area (Å²) in [6.45, 7) is 3.20. The van der Waals surface area contributed by atoms with Gasteiger partial charge < -0.3 is 10.2 Å². The van der Waals surface area contributed by atoms with Crippen LogP contribution in [0, 0.1) is 0 Å². The van der Waals surface area contributed by atoms with Crippen molar-refractivity contribution in [2.75, 3.05) is 0 Å². The fraction of sp³-hybridized carbons (Fsp3) is 0.667. The molecule has 0 aliphatic rings. The molecule has 0 amide bonds. The fourth-order valence-corrected chi connectivity index (χ4v) is 0. The smallest absolute Gasteiger partial charge is 0.481 e. The predicted octanol–water partition coefficient (Wildman–Crippen LogP) is -8.03. The monoisotopic (exact) mass is 217 g/mol. The largest absolute Gasteiger partial charge is 1.00 e. The van der Waals surface area contributed by atoms with Gasteiger partial charge in [-0.1, -0.05) is 13.8 Å². The Morgan fingerprint density at radius 3 is 0.923 bits per heavy atom. The van der Waals surface area contributed by atoms with E-state index in [0.717, 1.165) is 0 Å². The number of carboxylic acids is 2. The van der Waals surface area contributed by atoms with Crippen LogP contribution in [0.5, 0.6) is 0 Å². The first-order valence-electron chi connectivity index (χ1n) is 2.98. The Labute approximate surface area is 145 Å². The van der Waals surface area contributed by atoms with E-state index in [2.05, 4.69) is 0 Å². The van der Waals surface area contributed by atoms with Crippen LogP contribution in [-0.2, 0) is 9.59 Å². The van der Waals surface area contributed by atoms with Crippen LogP contribution in [0.25, 0.3) is 0 Å². The quantitative estimate of drug-likeness (QED) is 0.450. The van der Waals surface area contributed by atoms with Crippen molar-refractivity contribution in [3.05, 3.63) is 0 Å². The molecule has 0 radical (unpaired) electrons. The third kappa shape index (κ3) is 56.3. The summed E-state index contributed by atoms with van der Waals surface area (Å²) in [5.41, 5.74) is 0. The van der Waals surface area contributed by atoms with Crippen LogP contribution in [0.2, 0.25) is 0 Å². The average Bonchev–Trinajstić information content (AvgIpc) is 1.89. The van der Waals surface area contributed by atoms with Gasteiger partial charge in [0.05, 0.1) is 0 Å². The van der Waals surface area contributed by atoms with Gasteiger partial charge in [-0.3, -0.25) is 9.59 Å². The van der Waals surface area contributed by atoms with Gasteiger partial charge >= 0.3 is 101 Å². The first kappa shape index (κ1) is 29.4. The molecule has 0 aliphatic heterocycles. The van der Waals surface area contributed by atoms with Gasteiger partial charge in [-0.05, 0) is 0 Å². The van der Waals surface area contributed by atoms with E-state index in [4.69, 9.17) is 10.2 Å². The van der Waals surface area contributed by atoms with Gasteiger partial charge in [-0.15, -0.1) is 0 Å². The molecule has 0 aromatic carbocycles. The summed E-state index contributed by atoms with van der Waals surface area (Å²) in [5.74, 6) is -1.49. The van der Waals surface area contributed by atoms with E-state index in [1.54, 1.807) is 13.8 Å². The molecule has 7 heteroatoms. The summed E-state index contributed by atoms with van der Waals surface area (Å²) in [5, 5.41) is 15.4. The Morgan fingerprint density at radius 2 is 0.923 bits per heavy atom. The van der Waals surface area contributed by atoms with Gasteiger partial charge in [0.25, 0.3) is 0 Å². The van der Waals surface area contributed by atoms with Gasteiger partial charge in [-0.2, -0.15) is 0 Å². The van der Waals surface area contributed by atoms with Crippen molar-refractivity contribution in [2.24, 2.45) is 0 Å². The molecule has 0 atom stereocenters. The average molecular weight is 217 g/mol. The molecule has 0 rings (SSSR count). The third-order valence-corrected chi connectivity index (χ3v) is 0.605. The van der Waals surface area contributed by atoms with E-state index < -0.39 is 11.9 Å². The normalized spacial score (nSPS) is 5.69. The zero-order valence-electron chi connectivity index (χ0n) is 9.13. The molecule has 0 saturated carbocycles. The molecule has 0 unspecified atom stereocenters. The minimum absolute atomic E-state index is 0. The van der Waals surface area contributed by atoms with E-state index in [1.165, 1.54) is 0 Å². The van der Waals surface area contributed by atoms with Crippen LogP contribution in [0.15, 0.2) is 0 Å². The van der Waals surface area contributed by atoms with Crippen LogP contribution < -0.4 is 88.7 Å². The second-order valence-electron chi connectivity index (χ2n) is 1.49. The maximum absolute atomic E-state index is 9.37. The summed E-state index contributed by atoms with van der Waals surface area (Å²) < 4.78 is 0. The van der Waals surface area contributed by atoms with E-state index in [-0.39, 0.29) is 102 Å². The molecular weight excluding hydrogens is 205 g/mol. The maximum atomic E-state index is 9.37. The van der Waals surface area contributed by atoms with E-state index in [1.807, 2.05) is 0 Å². The van der Waals surface area contributed by atoms with Crippen LogP contribution in [0.1, 0.15) is 26.7 Å². The van der Waals surface area contributed by atoms with Crippen LogP contribution in [-0.4, -0.2) is 22.2 Å². The summed E-state index contributed by atoms with van der Waals surface area (Å²) in [7, 11) is 0. The number of aliphatic carboxylic acids is 2. The van der Waals surface area contributed by atoms with Crippen molar-refractivity contribution in [1.82, 2.24) is 0 Å². The first-order valence-corrected chi connectivity index (χ1v) is 2.98. The van der Waals surface area contributed by atoms with Gasteiger partial charge in [0.2, 0.25) is 0 Å². The predicted molar refractivity (Wildman–Crippen MR) is 35.9 cm³/mol. The molecule has 0 aliphatic carbocycles. The number of hydrogen-bond donors (Lipinski definition) is 2. The van der Waals surface area contributed by atoms with Crippen LogP contribution in [0.3, 0.4) is 0 Å². The second-order valence-corrected chi connectivity index (χ2v) is 1.49. The number of carbonyl (C=O) groups is 2. The molecule has 0 spiro atoms. The Morgan fingerprint density at radius 1 is 0.846 bits per heavy atom. The SMILES string of the molecule is CCC(=O)O.CCC(=O)O.[Na+].[Na+].[Na+]. The van der Waals surface area contributed by atoms with E-state index >= 15 is 0 Å². The fourth-order valence-electron chi connectivity index (χ4n) is 0. The summed E-state index contributed by atoms with van der Waals surface area (Å²) in [4.78, 5) is 18.7. The van der Waals surface area contributed by atoms with Crippen molar-refractivity contribution in [3.63, 3.8) is 0 Å². The molecule has 0 aromatic heterocycles. The molecule has 0 fully saturated rings. The minimum atomic E-state index is -0.745. The van der Waals surface area contributed by atoms with Gasteiger partial charge in [-0.25, -0.2) is 0 Å². The minimum Gasteiger partial charge on any atom is -0.481 e. The molecular formula is C6H12Na3O4+3. The number of hydrogen-bond acceptors (Lipinski definition) is 2. The Bertz CT molecular complexity index is 104.